The summed E-state index contributed by atoms with van der Waals surface area (Å²) >= 11 is 0. The molecule has 0 heterocycles. The molecule has 0 aromatic heterocycles. The number of hydrogen-bond acceptors (Lipinski definition) is 2. The molecule has 18 heavy (non-hydrogen) atoms. The van der Waals surface area contributed by atoms with Crippen molar-refractivity contribution >= 4 is 11.9 Å². The van der Waals surface area contributed by atoms with E-state index in [0.29, 0.717) is 6.54 Å². The van der Waals surface area contributed by atoms with Crippen molar-refractivity contribution in [1.82, 2.24) is 5.32 Å². The molecule has 1 rings (SSSR count). The minimum absolute atomic E-state index is 0.0275. The Hall–Kier alpha value is -1.06. The van der Waals surface area contributed by atoms with Crippen LogP contribution in [0.4, 0.5) is 0 Å². The van der Waals surface area contributed by atoms with E-state index >= 15 is 0 Å². The zero-order chi connectivity index (χ0) is 13.8. The van der Waals surface area contributed by atoms with Crippen molar-refractivity contribution in [1.29, 1.82) is 0 Å². The summed E-state index contributed by atoms with van der Waals surface area (Å²) in [7, 11) is 0. The molecule has 0 spiro atoms. The van der Waals surface area contributed by atoms with Crippen LogP contribution in [0.25, 0.3) is 0 Å². The number of carboxylic acid groups (broad SMARTS) is 1. The van der Waals surface area contributed by atoms with Gasteiger partial charge in [0.05, 0.1) is 5.92 Å². The van der Waals surface area contributed by atoms with Gasteiger partial charge < -0.3 is 10.4 Å². The molecule has 0 radical (unpaired) electrons. The number of carboxylic acids is 1. The van der Waals surface area contributed by atoms with Crippen LogP contribution >= 0.6 is 0 Å². The summed E-state index contributed by atoms with van der Waals surface area (Å²) in [5, 5.41) is 12.1. The van der Waals surface area contributed by atoms with E-state index in [1.165, 1.54) is 0 Å². The Kier molecular flexibility index (Phi) is 5.17. The molecule has 1 saturated carbocycles. The lowest BCUT2D eigenvalue weighted by atomic mass is 9.79. The van der Waals surface area contributed by atoms with Crippen molar-refractivity contribution in [2.45, 2.75) is 52.9 Å². The Morgan fingerprint density at radius 2 is 1.89 bits per heavy atom. The standard InChI is InChI=1S/C14H25NO3/c1-4-14(2,3)13(18)15-9-10-7-5-6-8-11(10)12(16)17/h10-11H,4-9H2,1-3H3,(H,15,18)(H,16,17). The summed E-state index contributed by atoms with van der Waals surface area (Å²) in [6, 6.07) is 0. The van der Waals surface area contributed by atoms with Crippen LogP contribution < -0.4 is 5.32 Å². The monoisotopic (exact) mass is 255 g/mol. The Labute approximate surface area is 109 Å². The van der Waals surface area contributed by atoms with Crippen LogP contribution in [-0.4, -0.2) is 23.5 Å². The number of carbonyl (C=O) groups excluding carboxylic acids is 1. The number of aliphatic carboxylic acids is 1. The first-order chi connectivity index (χ1) is 8.38. The molecule has 0 aromatic rings. The molecule has 0 aromatic carbocycles. The van der Waals surface area contributed by atoms with Crippen LogP contribution in [0, 0.1) is 17.3 Å². The van der Waals surface area contributed by atoms with Crippen LogP contribution in [0.5, 0.6) is 0 Å². The van der Waals surface area contributed by atoms with Crippen LogP contribution in [0.3, 0.4) is 0 Å². The molecule has 0 aliphatic heterocycles. The lowest BCUT2D eigenvalue weighted by Gasteiger charge is -2.30. The first kappa shape index (κ1) is 15.0. The second-order valence-electron chi connectivity index (χ2n) is 5.94. The number of amides is 1. The first-order valence-corrected chi connectivity index (χ1v) is 6.89. The van der Waals surface area contributed by atoms with E-state index < -0.39 is 5.97 Å². The predicted molar refractivity (Wildman–Crippen MR) is 70.2 cm³/mol. The Balaban J connectivity index is 2.51. The van der Waals surface area contributed by atoms with Gasteiger partial charge in [0.2, 0.25) is 5.91 Å². The van der Waals surface area contributed by atoms with Crippen molar-refractivity contribution in [2.75, 3.05) is 6.54 Å². The summed E-state index contributed by atoms with van der Waals surface area (Å²) < 4.78 is 0. The highest BCUT2D eigenvalue weighted by Gasteiger charge is 2.32. The van der Waals surface area contributed by atoms with Gasteiger partial charge in [-0.25, -0.2) is 0 Å². The van der Waals surface area contributed by atoms with Crippen molar-refractivity contribution < 1.29 is 14.7 Å². The van der Waals surface area contributed by atoms with Crippen LogP contribution in [0.15, 0.2) is 0 Å². The maximum absolute atomic E-state index is 12.0. The molecule has 2 unspecified atom stereocenters. The molecule has 1 amide bonds. The van der Waals surface area contributed by atoms with Gasteiger partial charge in [0, 0.05) is 12.0 Å². The van der Waals surface area contributed by atoms with E-state index in [0.717, 1.165) is 32.1 Å². The lowest BCUT2D eigenvalue weighted by Crippen LogP contribution is -2.42. The zero-order valence-corrected chi connectivity index (χ0v) is 11.7. The van der Waals surface area contributed by atoms with Gasteiger partial charge in [-0.1, -0.05) is 33.6 Å². The van der Waals surface area contributed by atoms with E-state index in [4.69, 9.17) is 5.11 Å². The Morgan fingerprint density at radius 1 is 1.28 bits per heavy atom. The van der Waals surface area contributed by atoms with Gasteiger partial charge in [0.1, 0.15) is 0 Å². The summed E-state index contributed by atoms with van der Waals surface area (Å²) in [5.74, 6) is -0.889. The minimum atomic E-state index is -0.719. The van der Waals surface area contributed by atoms with Gasteiger partial charge >= 0.3 is 5.97 Å². The largest absolute Gasteiger partial charge is 0.481 e. The van der Waals surface area contributed by atoms with Crippen molar-refractivity contribution in [3.05, 3.63) is 0 Å². The molecule has 104 valence electrons. The smallest absolute Gasteiger partial charge is 0.306 e. The highest BCUT2D eigenvalue weighted by Crippen LogP contribution is 2.30. The van der Waals surface area contributed by atoms with Crippen molar-refractivity contribution in [2.24, 2.45) is 17.3 Å². The molecule has 1 fully saturated rings. The fraction of sp³-hybridized carbons (Fsp3) is 0.857. The summed E-state index contributed by atoms with van der Waals surface area (Å²) in [5.41, 5.74) is -0.368. The molecule has 0 saturated heterocycles. The second-order valence-corrected chi connectivity index (χ2v) is 5.94. The van der Waals surface area contributed by atoms with E-state index in [1.54, 1.807) is 0 Å². The van der Waals surface area contributed by atoms with Gasteiger partial charge in [0.15, 0.2) is 0 Å². The van der Waals surface area contributed by atoms with Crippen LogP contribution in [0.2, 0.25) is 0 Å². The van der Waals surface area contributed by atoms with Gasteiger partial charge in [-0.15, -0.1) is 0 Å². The fourth-order valence-electron chi connectivity index (χ4n) is 2.40. The Bertz CT molecular complexity index is 312. The summed E-state index contributed by atoms with van der Waals surface area (Å²) in [6.07, 6.45) is 4.49. The minimum Gasteiger partial charge on any atom is -0.481 e. The van der Waals surface area contributed by atoms with E-state index in [-0.39, 0.29) is 23.2 Å². The number of hydrogen-bond donors (Lipinski definition) is 2. The first-order valence-electron chi connectivity index (χ1n) is 6.89. The van der Waals surface area contributed by atoms with Crippen LogP contribution in [0.1, 0.15) is 52.9 Å². The molecular weight excluding hydrogens is 230 g/mol. The second kappa shape index (κ2) is 6.21. The number of rotatable bonds is 5. The van der Waals surface area contributed by atoms with E-state index in [1.807, 2.05) is 20.8 Å². The molecule has 1 aliphatic rings. The quantitative estimate of drug-likeness (QED) is 0.793. The van der Waals surface area contributed by atoms with Crippen molar-refractivity contribution in [3.63, 3.8) is 0 Å². The third-order valence-corrected chi connectivity index (χ3v) is 4.25. The number of carbonyl (C=O) groups is 2. The number of nitrogens with one attached hydrogen (secondary N) is 1. The third kappa shape index (κ3) is 3.72. The zero-order valence-electron chi connectivity index (χ0n) is 11.7. The molecular formula is C14H25NO3. The van der Waals surface area contributed by atoms with Crippen LogP contribution in [-0.2, 0) is 9.59 Å². The molecule has 0 bridgehead atoms. The molecule has 1 aliphatic carbocycles. The average Bonchev–Trinajstić information content (AvgIpc) is 2.36. The highest BCUT2D eigenvalue weighted by molar-refractivity contribution is 5.81. The molecule has 4 nitrogen and oxygen atoms in total. The Morgan fingerprint density at radius 3 is 2.44 bits per heavy atom. The highest BCUT2D eigenvalue weighted by atomic mass is 16.4. The maximum Gasteiger partial charge on any atom is 0.306 e. The van der Waals surface area contributed by atoms with E-state index in [2.05, 4.69) is 5.32 Å². The summed E-state index contributed by atoms with van der Waals surface area (Å²) in [6.45, 7) is 6.31. The maximum atomic E-state index is 12.0. The normalized spacial score (nSPS) is 24.6. The lowest BCUT2D eigenvalue weighted by molar-refractivity contribution is -0.145. The fourth-order valence-corrected chi connectivity index (χ4v) is 2.40. The molecule has 2 N–H and O–H groups in total. The molecule has 2 atom stereocenters. The van der Waals surface area contributed by atoms with Gasteiger partial charge in [-0.05, 0) is 25.2 Å². The van der Waals surface area contributed by atoms with Gasteiger partial charge in [-0.3, -0.25) is 9.59 Å². The average molecular weight is 255 g/mol. The van der Waals surface area contributed by atoms with Crippen molar-refractivity contribution in [3.8, 4) is 0 Å². The molecule has 4 heteroatoms. The topological polar surface area (TPSA) is 66.4 Å². The van der Waals surface area contributed by atoms with Gasteiger partial charge in [0.25, 0.3) is 0 Å². The van der Waals surface area contributed by atoms with E-state index in [9.17, 15) is 9.59 Å². The van der Waals surface area contributed by atoms with Gasteiger partial charge in [-0.2, -0.15) is 0 Å². The predicted octanol–water partition coefficient (Wildman–Crippen LogP) is 2.43. The SMILES string of the molecule is CCC(C)(C)C(=O)NCC1CCCCC1C(=O)O. The summed E-state index contributed by atoms with van der Waals surface area (Å²) in [4.78, 5) is 23.1. The third-order valence-electron chi connectivity index (χ3n) is 4.25.